The molecule has 1 aromatic rings. The Morgan fingerprint density at radius 3 is 1.41 bits per heavy atom. The molecule has 0 amide bonds. The fraction of sp³-hybridized carbons (Fsp3) is 0.739. The first-order valence-corrected chi connectivity index (χ1v) is 14.2. The first-order valence-electron chi connectivity index (χ1n) is 11.8. The van der Waals surface area contributed by atoms with Crippen LogP contribution in [0.3, 0.4) is 0 Å². The van der Waals surface area contributed by atoms with Crippen molar-refractivity contribution in [2.45, 2.75) is 84.7 Å². The lowest BCUT2D eigenvalue weighted by Gasteiger charge is -2.35. The number of unbranched alkanes of at least 4 members (excludes halogenated alkanes) is 3. The van der Waals surface area contributed by atoms with Gasteiger partial charge in [0.15, 0.2) is 0 Å². The van der Waals surface area contributed by atoms with Crippen molar-refractivity contribution in [2.75, 3.05) is 19.8 Å². The Morgan fingerprint density at radius 2 is 1.12 bits per heavy atom. The molecule has 8 N–H and O–H groups in total. The lowest BCUT2D eigenvalue weighted by molar-refractivity contribution is -0.0858. The molecule has 0 fully saturated rings. The Labute approximate surface area is 206 Å². The van der Waals surface area contributed by atoms with Gasteiger partial charge in [-0.2, -0.15) is 0 Å². The van der Waals surface area contributed by atoms with Gasteiger partial charge in [-0.25, -0.2) is 4.31 Å². The third-order valence-corrected chi connectivity index (χ3v) is 6.94. The molecule has 0 heterocycles. The summed E-state index contributed by atoms with van der Waals surface area (Å²) in [5.74, 6) is 0. The highest BCUT2D eigenvalue weighted by molar-refractivity contribution is 7.53. The van der Waals surface area contributed by atoms with Crippen molar-refractivity contribution < 1.29 is 44.3 Å². The molecular weight excluding hydrogens is 482 g/mol. The molecule has 0 saturated carbocycles. The lowest BCUT2D eigenvalue weighted by atomic mass is 9.76. The minimum atomic E-state index is -2.61. The van der Waals surface area contributed by atoms with Gasteiger partial charge in [-0.3, -0.25) is 0 Å². The SMILES string of the molecule is CCCCc1cc(CCCC)c(C(O)C(CO)(CO)CO)c(CCCC)c1.OP(O)OP(O)O. The van der Waals surface area contributed by atoms with Crippen LogP contribution in [0.4, 0.5) is 0 Å². The molecule has 34 heavy (non-hydrogen) atoms. The third-order valence-electron chi connectivity index (χ3n) is 5.77. The predicted octanol–water partition coefficient (Wildman–Crippen LogP) is 3.14. The molecule has 0 saturated heterocycles. The minimum Gasteiger partial charge on any atom is -0.395 e. The van der Waals surface area contributed by atoms with Crippen molar-refractivity contribution in [3.8, 4) is 0 Å². The summed E-state index contributed by atoms with van der Waals surface area (Å²) in [5, 5.41) is 40.7. The van der Waals surface area contributed by atoms with Gasteiger partial charge < -0.3 is 40.0 Å². The van der Waals surface area contributed by atoms with Gasteiger partial charge in [0, 0.05) is 0 Å². The summed E-state index contributed by atoms with van der Waals surface area (Å²) in [6, 6.07) is 4.38. The smallest absolute Gasteiger partial charge is 0.334 e. The zero-order valence-electron chi connectivity index (χ0n) is 20.6. The molecule has 0 bridgehead atoms. The van der Waals surface area contributed by atoms with Crippen LogP contribution in [-0.2, 0) is 23.6 Å². The Bertz CT molecular complexity index is 612. The van der Waals surface area contributed by atoms with Crippen LogP contribution in [0.5, 0.6) is 0 Å². The van der Waals surface area contributed by atoms with Crippen molar-refractivity contribution in [1.29, 1.82) is 0 Å². The molecule has 1 unspecified atom stereocenters. The second-order valence-electron chi connectivity index (χ2n) is 8.46. The molecule has 9 nitrogen and oxygen atoms in total. The Kier molecular flexibility index (Phi) is 18.8. The average molecular weight is 527 g/mol. The van der Waals surface area contributed by atoms with Crippen LogP contribution in [0.15, 0.2) is 12.1 Å². The largest absolute Gasteiger partial charge is 0.395 e. The van der Waals surface area contributed by atoms with Crippen molar-refractivity contribution in [1.82, 2.24) is 0 Å². The fourth-order valence-corrected chi connectivity index (χ4v) is 4.18. The van der Waals surface area contributed by atoms with E-state index in [-0.39, 0.29) is 0 Å². The zero-order chi connectivity index (χ0) is 26.1. The van der Waals surface area contributed by atoms with Crippen LogP contribution in [-0.4, -0.2) is 59.8 Å². The van der Waals surface area contributed by atoms with E-state index in [1.807, 2.05) is 0 Å². The maximum Gasteiger partial charge on any atom is 0.334 e. The van der Waals surface area contributed by atoms with Gasteiger partial charge in [0.05, 0.1) is 31.3 Å². The molecule has 1 rings (SSSR count). The van der Waals surface area contributed by atoms with Crippen LogP contribution in [0.2, 0.25) is 0 Å². The number of aliphatic hydroxyl groups is 4. The number of benzene rings is 1. The van der Waals surface area contributed by atoms with Crippen LogP contribution in [0.25, 0.3) is 0 Å². The Morgan fingerprint density at radius 1 is 0.735 bits per heavy atom. The normalized spacial score (nSPS) is 12.7. The van der Waals surface area contributed by atoms with Crippen molar-refractivity contribution >= 4 is 17.2 Å². The highest BCUT2D eigenvalue weighted by Gasteiger charge is 2.39. The summed E-state index contributed by atoms with van der Waals surface area (Å²) < 4.78 is 3.60. The van der Waals surface area contributed by atoms with Crippen molar-refractivity contribution in [3.63, 3.8) is 0 Å². The molecule has 200 valence electrons. The summed E-state index contributed by atoms with van der Waals surface area (Å²) in [4.78, 5) is 31.3. The van der Waals surface area contributed by atoms with Crippen LogP contribution < -0.4 is 0 Å². The molecule has 0 aliphatic heterocycles. The number of rotatable bonds is 16. The molecule has 0 aromatic heterocycles. The van der Waals surface area contributed by atoms with E-state index < -0.39 is 48.5 Å². The molecule has 1 aromatic carbocycles. The van der Waals surface area contributed by atoms with Crippen LogP contribution in [0, 0.1) is 5.41 Å². The van der Waals surface area contributed by atoms with Crippen molar-refractivity contribution in [3.05, 3.63) is 34.4 Å². The molecule has 11 heteroatoms. The fourth-order valence-electron chi connectivity index (χ4n) is 3.66. The first kappa shape index (κ1) is 33.7. The first-order chi connectivity index (χ1) is 16.2. The minimum absolute atomic E-state index is 0.459. The summed E-state index contributed by atoms with van der Waals surface area (Å²) >= 11 is 0. The summed E-state index contributed by atoms with van der Waals surface area (Å²) in [6.45, 7) is 5.10. The second-order valence-corrected chi connectivity index (χ2v) is 10.1. The third kappa shape index (κ3) is 11.6. The number of aryl methyl sites for hydroxylation is 3. The lowest BCUT2D eigenvalue weighted by Crippen LogP contribution is -2.41. The van der Waals surface area contributed by atoms with E-state index in [4.69, 9.17) is 19.6 Å². The van der Waals surface area contributed by atoms with Gasteiger partial charge in [0.1, 0.15) is 0 Å². The zero-order valence-corrected chi connectivity index (χ0v) is 22.4. The van der Waals surface area contributed by atoms with E-state index in [0.717, 1.165) is 74.5 Å². The second kappa shape index (κ2) is 18.9. The maximum absolute atomic E-state index is 11.2. The summed E-state index contributed by atoms with van der Waals surface area (Å²) in [5.41, 5.74) is 2.99. The van der Waals surface area contributed by atoms with E-state index in [0.29, 0.717) is 0 Å². The van der Waals surface area contributed by atoms with Gasteiger partial charge in [-0.05, 0) is 60.8 Å². The molecule has 1 atom stereocenters. The number of aliphatic hydroxyl groups excluding tert-OH is 4. The van der Waals surface area contributed by atoms with Gasteiger partial charge >= 0.3 is 17.2 Å². The highest BCUT2D eigenvalue weighted by atomic mass is 31.2. The van der Waals surface area contributed by atoms with E-state index in [9.17, 15) is 20.4 Å². The monoisotopic (exact) mass is 526 g/mol. The number of hydrogen-bond acceptors (Lipinski definition) is 9. The number of hydrogen-bond donors (Lipinski definition) is 8. The van der Waals surface area contributed by atoms with Crippen LogP contribution in [0.1, 0.15) is 87.7 Å². The molecule has 0 aliphatic carbocycles. The molecule has 0 spiro atoms. The molecule has 0 aliphatic rings. The van der Waals surface area contributed by atoms with Crippen LogP contribution >= 0.6 is 17.2 Å². The summed E-state index contributed by atoms with van der Waals surface area (Å²) in [7, 11) is -5.22. The van der Waals surface area contributed by atoms with Gasteiger partial charge in [-0.1, -0.05) is 52.2 Å². The van der Waals surface area contributed by atoms with Crippen molar-refractivity contribution in [2.24, 2.45) is 5.41 Å². The molecule has 0 radical (unpaired) electrons. The van der Waals surface area contributed by atoms with E-state index in [2.05, 4.69) is 37.2 Å². The Hall–Kier alpha value is -0.280. The van der Waals surface area contributed by atoms with E-state index in [1.54, 1.807) is 0 Å². The van der Waals surface area contributed by atoms with E-state index >= 15 is 0 Å². The predicted molar refractivity (Wildman–Crippen MR) is 135 cm³/mol. The quantitative estimate of drug-likeness (QED) is 0.151. The molecular formula is C23H44O9P2. The van der Waals surface area contributed by atoms with Gasteiger partial charge in [0.25, 0.3) is 0 Å². The van der Waals surface area contributed by atoms with E-state index in [1.165, 1.54) is 5.56 Å². The summed E-state index contributed by atoms with van der Waals surface area (Å²) in [6.07, 6.45) is 8.10. The van der Waals surface area contributed by atoms with Gasteiger partial charge in [-0.15, -0.1) is 0 Å². The highest BCUT2D eigenvalue weighted by Crippen LogP contribution is 2.42. The average Bonchev–Trinajstić information content (AvgIpc) is 2.80. The maximum atomic E-state index is 11.2. The topological polar surface area (TPSA) is 171 Å². The Balaban J connectivity index is 0.00000135. The standard InChI is InChI=1S/C23H40O4.H4O5P2/c1-4-7-10-18-13-19(11-8-5-2)21(20(14-18)12-9-6-3)22(27)23(15-24,16-25)17-26;1-6(2)5-7(3)4/h13-14,22,24-27H,4-12,15-17H2,1-3H3;1-4H. The van der Waals surface area contributed by atoms with Gasteiger partial charge in [0.2, 0.25) is 0 Å².